The van der Waals surface area contributed by atoms with Gasteiger partial charge in [-0.15, -0.1) is 23.2 Å². The van der Waals surface area contributed by atoms with E-state index in [1.807, 2.05) is 0 Å². The molecule has 10 heteroatoms. The first-order chi connectivity index (χ1) is 17.0. The number of ether oxygens (including phenoxy) is 1. The molecule has 6 fully saturated rings. The van der Waals surface area contributed by atoms with Crippen LogP contribution in [0.2, 0.25) is 0 Å². The Kier molecular flexibility index (Phi) is 7.58. The van der Waals surface area contributed by atoms with Gasteiger partial charge >= 0.3 is 0 Å². The standard InChI is InChI=1S/C26H39Cl2FN2O5/c27-17-3-1-16(2-4-17)26(35)14-31(15-26)23(34)25-9-7-24(8-10-25,12-21(25)32)30-22(33)13-36-18-5-6-19(28)20(29)11-18/h16-21,32,35H,1-15H2,(H,30,33)/t16?,17?,18?,19?,20?,21-,24?,25?/m1/s1. The van der Waals surface area contributed by atoms with Crippen LogP contribution in [0, 0.1) is 11.3 Å². The number of aliphatic hydroxyl groups is 2. The van der Waals surface area contributed by atoms with Gasteiger partial charge in [0.05, 0.1) is 36.1 Å². The fourth-order valence-electron chi connectivity index (χ4n) is 7.45. The minimum Gasteiger partial charge on any atom is -0.392 e. The molecule has 1 saturated heterocycles. The number of nitrogens with zero attached hydrogens (tertiary/aromatic N) is 1. The summed E-state index contributed by atoms with van der Waals surface area (Å²) >= 11 is 12.1. The highest BCUT2D eigenvalue weighted by Gasteiger charge is 2.61. The van der Waals surface area contributed by atoms with Crippen molar-refractivity contribution in [2.24, 2.45) is 11.3 Å². The van der Waals surface area contributed by atoms with Crippen LogP contribution in [0.5, 0.6) is 0 Å². The van der Waals surface area contributed by atoms with Crippen molar-refractivity contribution in [3.63, 3.8) is 0 Å². The minimum atomic E-state index is -1.12. The molecule has 0 aromatic heterocycles. The second-order valence-electron chi connectivity index (χ2n) is 12.2. The molecule has 2 bridgehead atoms. The van der Waals surface area contributed by atoms with Crippen molar-refractivity contribution >= 4 is 35.0 Å². The molecule has 0 aromatic carbocycles. The van der Waals surface area contributed by atoms with E-state index in [1.165, 1.54) is 0 Å². The highest BCUT2D eigenvalue weighted by Crippen LogP contribution is 2.54. The highest BCUT2D eigenvalue weighted by molar-refractivity contribution is 6.21. The highest BCUT2D eigenvalue weighted by atomic mass is 35.5. The summed E-state index contributed by atoms with van der Waals surface area (Å²) in [5, 5.41) is 25.0. The Bertz CT molecular complexity index is 840. The predicted octanol–water partition coefficient (Wildman–Crippen LogP) is 3.05. The monoisotopic (exact) mass is 548 g/mol. The molecule has 5 saturated carbocycles. The molecule has 1 aliphatic heterocycles. The normalized spacial score (nSPS) is 44.1. The van der Waals surface area contributed by atoms with E-state index < -0.39 is 34.2 Å². The lowest BCUT2D eigenvalue weighted by Gasteiger charge is -2.59. The number of carbonyl (C=O) groups is 2. The molecule has 3 N–H and O–H groups in total. The summed E-state index contributed by atoms with van der Waals surface area (Å²) in [5.41, 5.74) is -2.23. The van der Waals surface area contributed by atoms with Crippen LogP contribution in [0.15, 0.2) is 0 Å². The Hall–Kier alpha value is -0.670. The number of nitrogens with one attached hydrogen (secondary N) is 1. The van der Waals surface area contributed by atoms with Crippen molar-refractivity contribution in [2.45, 2.75) is 117 Å². The maximum atomic E-state index is 13.8. The van der Waals surface area contributed by atoms with Gasteiger partial charge in [0.1, 0.15) is 18.4 Å². The summed E-state index contributed by atoms with van der Waals surface area (Å²) in [6.07, 6.45) is 5.22. The van der Waals surface area contributed by atoms with Gasteiger partial charge in [-0.05, 0) is 76.5 Å². The van der Waals surface area contributed by atoms with E-state index in [1.54, 1.807) is 4.90 Å². The Morgan fingerprint density at radius 2 is 1.69 bits per heavy atom. The Balaban J connectivity index is 1.11. The third kappa shape index (κ3) is 5.02. The molecule has 204 valence electrons. The number of likely N-dealkylation sites (tertiary alicyclic amines) is 1. The minimum absolute atomic E-state index is 0.0654. The lowest BCUT2D eigenvalue weighted by Crippen LogP contribution is -2.72. The van der Waals surface area contributed by atoms with E-state index in [0.717, 1.165) is 25.7 Å². The van der Waals surface area contributed by atoms with Crippen LogP contribution >= 0.6 is 23.2 Å². The maximum Gasteiger partial charge on any atom is 0.246 e. The zero-order valence-electron chi connectivity index (χ0n) is 20.8. The van der Waals surface area contributed by atoms with Gasteiger partial charge < -0.3 is 25.2 Å². The van der Waals surface area contributed by atoms with E-state index in [9.17, 15) is 24.2 Å². The van der Waals surface area contributed by atoms with Gasteiger partial charge in [-0.3, -0.25) is 9.59 Å². The van der Waals surface area contributed by atoms with Crippen LogP contribution in [0.1, 0.15) is 77.0 Å². The molecule has 4 atom stereocenters. The average Bonchev–Trinajstić information content (AvgIpc) is 2.83. The van der Waals surface area contributed by atoms with E-state index in [-0.39, 0.29) is 42.2 Å². The number of fused-ring (bicyclic) bond motifs is 3. The molecule has 1 heterocycles. The maximum absolute atomic E-state index is 13.8. The molecule has 0 aromatic rings. The average molecular weight is 550 g/mol. The van der Waals surface area contributed by atoms with Crippen molar-refractivity contribution in [3.8, 4) is 0 Å². The van der Waals surface area contributed by atoms with E-state index in [4.69, 9.17) is 27.9 Å². The second kappa shape index (κ2) is 10.1. The van der Waals surface area contributed by atoms with Gasteiger partial charge in [0, 0.05) is 17.3 Å². The summed E-state index contributed by atoms with van der Waals surface area (Å²) in [4.78, 5) is 27.9. The van der Waals surface area contributed by atoms with Crippen LogP contribution in [0.3, 0.4) is 0 Å². The third-order valence-corrected chi connectivity index (χ3v) is 10.8. The fourth-order valence-corrected chi connectivity index (χ4v) is 7.93. The zero-order valence-corrected chi connectivity index (χ0v) is 22.3. The number of carbonyl (C=O) groups excluding carboxylic acids is 2. The number of hydrogen-bond donors (Lipinski definition) is 3. The molecular formula is C26H39Cl2FN2O5. The molecule has 36 heavy (non-hydrogen) atoms. The Labute approximate surface area is 222 Å². The van der Waals surface area contributed by atoms with Crippen molar-refractivity contribution in [3.05, 3.63) is 0 Å². The summed E-state index contributed by atoms with van der Waals surface area (Å²) < 4.78 is 19.5. The van der Waals surface area contributed by atoms with Crippen LogP contribution < -0.4 is 5.32 Å². The summed E-state index contributed by atoms with van der Waals surface area (Å²) in [5.74, 6) is -0.169. The van der Waals surface area contributed by atoms with Crippen molar-refractivity contribution in [2.75, 3.05) is 19.7 Å². The SMILES string of the molecule is O=C(COC1CCC(Cl)C(F)C1)NC12CCC(C(=O)N3CC(O)(C4CCC(Cl)CC4)C3)(CC1)[C@H](O)C2. The Morgan fingerprint density at radius 1 is 1.03 bits per heavy atom. The second-order valence-corrected chi connectivity index (χ2v) is 13.4. The van der Waals surface area contributed by atoms with Crippen molar-refractivity contribution in [1.82, 2.24) is 10.2 Å². The summed E-state index contributed by atoms with van der Waals surface area (Å²) in [6.45, 7) is 0.495. The lowest BCUT2D eigenvalue weighted by atomic mass is 9.54. The number of alkyl halides is 3. The molecule has 5 aliphatic carbocycles. The smallest absolute Gasteiger partial charge is 0.246 e. The number of β-amino-alcohol motifs (C(OH)–C–C–N with tert-alkyl or cyclic N) is 1. The first-order valence-corrected chi connectivity index (χ1v) is 14.5. The van der Waals surface area contributed by atoms with Gasteiger partial charge in [0.25, 0.3) is 0 Å². The Morgan fingerprint density at radius 3 is 2.31 bits per heavy atom. The quantitative estimate of drug-likeness (QED) is 0.443. The first-order valence-electron chi connectivity index (χ1n) is 13.6. The van der Waals surface area contributed by atoms with E-state index >= 15 is 0 Å². The zero-order chi connectivity index (χ0) is 25.7. The van der Waals surface area contributed by atoms with Crippen molar-refractivity contribution < 1.29 is 28.9 Å². The molecule has 0 spiro atoms. The fraction of sp³-hybridized carbons (Fsp3) is 0.923. The molecule has 6 aliphatic rings. The molecule has 0 radical (unpaired) electrons. The summed E-state index contributed by atoms with van der Waals surface area (Å²) in [7, 11) is 0. The number of rotatable bonds is 6. The molecule has 7 nitrogen and oxygen atoms in total. The first kappa shape index (κ1) is 26.9. The molecule has 6 rings (SSSR count). The van der Waals surface area contributed by atoms with E-state index in [2.05, 4.69) is 5.32 Å². The topological polar surface area (TPSA) is 99.1 Å². The molecule has 3 unspecified atom stereocenters. The van der Waals surface area contributed by atoms with Gasteiger partial charge in [-0.1, -0.05) is 0 Å². The lowest BCUT2D eigenvalue weighted by molar-refractivity contribution is -0.194. The van der Waals surface area contributed by atoms with Crippen LogP contribution in [-0.4, -0.2) is 86.9 Å². The number of halogens is 3. The summed E-state index contributed by atoms with van der Waals surface area (Å²) in [6, 6.07) is 0. The van der Waals surface area contributed by atoms with Crippen LogP contribution in [0.4, 0.5) is 4.39 Å². The number of hydrogen-bond acceptors (Lipinski definition) is 5. The largest absolute Gasteiger partial charge is 0.392 e. The van der Waals surface area contributed by atoms with Gasteiger partial charge in [0.2, 0.25) is 11.8 Å². The third-order valence-electron chi connectivity index (χ3n) is 9.88. The van der Waals surface area contributed by atoms with Gasteiger partial charge in [-0.25, -0.2) is 4.39 Å². The van der Waals surface area contributed by atoms with E-state index in [0.29, 0.717) is 58.0 Å². The van der Waals surface area contributed by atoms with Crippen LogP contribution in [-0.2, 0) is 14.3 Å². The van der Waals surface area contributed by atoms with Crippen LogP contribution in [0.25, 0.3) is 0 Å². The molecule has 2 amide bonds. The van der Waals surface area contributed by atoms with Gasteiger partial charge in [-0.2, -0.15) is 0 Å². The number of amides is 2. The number of aliphatic hydroxyl groups excluding tert-OH is 1. The predicted molar refractivity (Wildman–Crippen MR) is 134 cm³/mol. The van der Waals surface area contributed by atoms with Gasteiger partial charge in [0.15, 0.2) is 0 Å². The van der Waals surface area contributed by atoms with Crippen molar-refractivity contribution in [1.29, 1.82) is 0 Å². The molecular weight excluding hydrogens is 510 g/mol.